The molecule has 100 valence electrons. The van der Waals surface area contributed by atoms with Gasteiger partial charge in [0.15, 0.2) is 10.7 Å². The van der Waals surface area contributed by atoms with E-state index in [1.165, 1.54) is 4.68 Å². The number of aryl methyl sites for hydroxylation is 1. The van der Waals surface area contributed by atoms with Gasteiger partial charge in [-0.05, 0) is 19.8 Å². The van der Waals surface area contributed by atoms with E-state index in [4.69, 9.17) is 5.73 Å². The molecule has 2 amide bonds. The van der Waals surface area contributed by atoms with Crippen LogP contribution in [-0.4, -0.2) is 30.3 Å². The standard InChI is InChI=1S/C9H15N5O3S/c1-5-7(8(10)12-14(5)2)18(16,17)13-9(15)11-6-3-4-6/h6H,3-4H2,1-2H3,(H2,10,12)(H2,11,13,15). The van der Waals surface area contributed by atoms with Crippen molar-refractivity contribution in [3.63, 3.8) is 0 Å². The third kappa shape index (κ3) is 2.40. The Bertz CT molecular complexity index is 588. The molecule has 9 heteroatoms. The molecule has 1 fully saturated rings. The molecule has 0 radical (unpaired) electrons. The van der Waals surface area contributed by atoms with E-state index in [9.17, 15) is 13.2 Å². The van der Waals surface area contributed by atoms with Gasteiger partial charge >= 0.3 is 6.03 Å². The minimum absolute atomic E-state index is 0.0764. The average Bonchev–Trinajstić information content (AvgIpc) is 2.94. The highest BCUT2D eigenvalue weighted by Gasteiger charge is 2.29. The molecule has 1 aliphatic rings. The Kier molecular flexibility index (Phi) is 2.93. The van der Waals surface area contributed by atoms with Crippen LogP contribution in [0.4, 0.5) is 10.6 Å². The maximum Gasteiger partial charge on any atom is 0.328 e. The first-order valence-electron chi connectivity index (χ1n) is 5.43. The highest BCUT2D eigenvalue weighted by molar-refractivity contribution is 7.90. The van der Waals surface area contributed by atoms with Crippen LogP contribution < -0.4 is 15.8 Å². The second kappa shape index (κ2) is 4.16. The number of nitrogens with one attached hydrogen (secondary N) is 2. The molecule has 0 bridgehead atoms. The molecule has 2 rings (SSSR count). The monoisotopic (exact) mass is 273 g/mol. The van der Waals surface area contributed by atoms with Gasteiger partial charge in [-0.2, -0.15) is 5.10 Å². The number of nitrogen functional groups attached to an aromatic ring is 1. The molecule has 0 atom stereocenters. The van der Waals surface area contributed by atoms with E-state index in [1.54, 1.807) is 14.0 Å². The largest absolute Gasteiger partial charge is 0.381 e. The van der Waals surface area contributed by atoms with Crippen molar-refractivity contribution in [1.29, 1.82) is 0 Å². The lowest BCUT2D eigenvalue weighted by molar-refractivity contribution is 0.245. The van der Waals surface area contributed by atoms with Crippen molar-refractivity contribution < 1.29 is 13.2 Å². The molecular weight excluding hydrogens is 258 g/mol. The van der Waals surface area contributed by atoms with Crippen LogP contribution in [0.5, 0.6) is 0 Å². The number of amides is 2. The molecule has 1 heterocycles. The number of hydrogen-bond donors (Lipinski definition) is 3. The average molecular weight is 273 g/mol. The highest BCUT2D eigenvalue weighted by atomic mass is 32.2. The number of anilines is 1. The van der Waals surface area contributed by atoms with Crippen molar-refractivity contribution >= 4 is 21.9 Å². The van der Waals surface area contributed by atoms with Crippen LogP contribution in [0.15, 0.2) is 4.90 Å². The Balaban J connectivity index is 2.21. The zero-order valence-electron chi connectivity index (χ0n) is 10.1. The summed E-state index contributed by atoms with van der Waals surface area (Å²) < 4.78 is 27.3. The lowest BCUT2D eigenvalue weighted by Gasteiger charge is -2.07. The predicted molar refractivity (Wildman–Crippen MR) is 64.2 cm³/mol. The van der Waals surface area contributed by atoms with Gasteiger partial charge in [0, 0.05) is 13.1 Å². The van der Waals surface area contributed by atoms with Gasteiger partial charge in [-0.15, -0.1) is 0 Å². The van der Waals surface area contributed by atoms with Crippen LogP contribution in [0.3, 0.4) is 0 Å². The van der Waals surface area contributed by atoms with Gasteiger partial charge in [0.05, 0.1) is 5.69 Å². The topological polar surface area (TPSA) is 119 Å². The van der Waals surface area contributed by atoms with Crippen LogP contribution in [-0.2, 0) is 17.1 Å². The van der Waals surface area contributed by atoms with Crippen LogP contribution >= 0.6 is 0 Å². The molecule has 8 nitrogen and oxygen atoms in total. The van der Waals surface area contributed by atoms with Gasteiger partial charge in [0.2, 0.25) is 0 Å². The summed E-state index contributed by atoms with van der Waals surface area (Å²) in [5.41, 5.74) is 5.91. The third-order valence-electron chi connectivity index (χ3n) is 2.71. The number of nitrogens with two attached hydrogens (primary N) is 1. The summed E-state index contributed by atoms with van der Waals surface area (Å²) in [5.74, 6) is -0.123. The van der Waals surface area contributed by atoms with Crippen LogP contribution in [0, 0.1) is 6.92 Å². The molecule has 4 N–H and O–H groups in total. The Morgan fingerprint density at radius 3 is 2.56 bits per heavy atom. The molecule has 0 saturated heterocycles. The zero-order valence-corrected chi connectivity index (χ0v) is 10.9. The quantitative estimate of drug-likeness (QED) is 0.683. The van der Waals surface area contributed by atoms with Crippen molar-refractivity contribution in [3.05, 3.63) is 5.69 Å². The molecule has 1 aliphatic carbocycles. The number of sulfonamides is 1. The van der Waals surface area contributed by atoms with E-state index >= 15 is 0 Å². The Morgan fingerprint density at radius 2 is 2.11 bits per heavy atom. The molecule has 18 heavy (non-hydrogen) atoms. The van der Waals surface area contributed by atoms with Crippen molar-refractivity contribution in [2.45, 2.75) is 30.7 Å². The van der Waals surface area contributed by atoms with Crippen LogP contribution in [0.1, 0.15) is 18.5 Å². The lowest BCUT2D eigenvalue weighted by Crippen LogP contribution is -2.40. The number of aromatic nitrogens is 2. The maximum atomic E-state index is 12.0. The number of hydrogen-bond acceptors (Lipinski definition) is 5. The van der Waals surface area contributed by atoms with Gasteiger partial charge in [0.1, 0.15) is 0 Å². The van der Waals surface area contributed by atoms with Crippen LogP contribution in [0.25, 0.3) is 0 Å². The smallest absolute Gasteiger partial charge is 0.328 e. The molecular formula is C9H15N5O3S. The first kappa shape index (κ1) is 12.7. The first-order chi connectivity index (χ1) is 8.31. The van der Waals surface area contributed by atoms with E-state index in [0.29, 0.717) is 5.69 Å². The minimum atomic E-state index is -3.99. The summed E-state index contributed by atoms with van der Waals surface area (Å²) in [6.07, 6.45) is 1.75. The second-order valence-electron chi connectivity index (χ2n) is 4.28. The Morgan fingerprint density at radius 1 is 1.50 bits per heavy atom. The zero-order chi connectivity index (χ0) is 13.5. The third-order valence-corrected chi connectivity index (χ3v) is 4.21. The molecule has 1 saturated carbocycles. The summed E-state index contributed by atoms with van der Waals surface area (Å²) in [7, 11) is -2.41. The fraction of sp³-hybridized carbons (Fsp3) is 0.556. The molecule has 1 aromatic rings. The van der Waals surface area contributed by atoms with E-state index in [-0.39, 0.29) is 16.8 Å². The van der Waals surface area contributed by atoms with Crippen molar-refractivity contribution in [1.82, 2.24) is 19.8 Å². The van der Waals surface area contributed by atoms with Crippen molar-refractivity contribution in [3.8, 4) is 0 Å². The SMILES string of the molecule is Cc1c(S(=O)(=O)NC(=O)NC2CC2)c(N)nn1C. The summed E-state index contributed by atoms with van der Waals surface area (Å²) >= 11 is 0. The Labute approximate surface area is 105 Å². The van der Waals surface area contributed by atoms with E-state index in [1.807, 2.05) is 4.72 Å². The minimum Gasteiger partial charge on any atom is -0.381 e. The van der Waals surface area contributed by atoms with Gasteiger partial charge in [-0.25, -0.2) is 17.9 Å². The molecule has 0 aromatic carbocycles. The van der Waals surface area contributed by atoms with Gasteiger partial charge in [-0.1, -0.05) is 0 Å². The fourth-order valence-corrected chi connectivity index (χ4v) is 2.80. The number of carbonyl (C=O) groups excluding carboxylic acids is 1. The van der Waals surface area contributed by atoms with E-state index < -0.39 is 16.1 Å². The summed E-state index contributed by atoms with van der Waals surface area (Å²) in [6, 6.07) is -0.660. The number of rotatable bonds is 3. The lowest BCUT2D eigenvalue weighted by atomic mass is 10.5. The molecule has 1 aromatic heterocycles. The number of urea groups is 1. The van der Waals surface area contributed by atoms with Gasteiger partial charge < -0.3 is 11.1 Å². The number of nitrogens with zero attached hydrogens (tertiary/aromatic N) is 2. The maximum absolute atomic E-state index is 12.0. The summed E-state index contributed by atoms with van der Waals surface area (Å²) in [4.78, 5) is 11.3. The van der Waals surface area contributed by atoms with Crippen molar-refractivity contribution in [2.24, 2.45) is 7.05 Å². The normalized spacial score (nSPS) is 15.4. The van der Waals surface area contributed by atoms with E-state index in [0.717, 1.165) is 12.8 Å². The predicted octanol–water partition coefficient (Wildman–Crippen LogP) is -0.539. The van der Waals surface area contributed by atoms with Gasteiger partial charge in [0.25, 0.3) is 10.0 Å². The molecule has 0 unspecified atom stereocenters. The highest BCUT2D eigenvalue weighted by Crippen LogP contribution is 2.21. The summed E-state index contributed by atoms with van der Waals surface area (Å²) in [5, 5.41) is 6.33. The second-order valence-corrected chi connectivity index (χ2v) is 5.90. The van der Waals surface area contributed by atoms with Gasteiger partial charge in [-0.3, -0.25) is 4.68 Å². The molecule has 0 spiro atoms. The van der Waals surface area contributed by atoms with Crippen molar-refractivity contribution in [2.75, 3.05) is 5.73 Å². The summed E-state index contributed by atoms with van der Waals surface area (Å²) in [6.45, 7) is 1.57. The Hall–Kier alpha value is -1.77. The first-order valence-corrected chi connectivity index (χ1v) is 6.92. The van der Waals surface area contributed by atoms with Crippen LogP contribution in [0.2, 0.25) is 0 Å². The van der Waals surface area contributed by atoms with E-state index in [2.05, 4.69) is 10.4 Å². The number of carbonyl (C=O) groups is 1. The fourth-order valence-electron chi connectivity index (χ4n) is 1.56. The molecule has 0 aliphatic heterocycles.